The van der Waals surface area contributed by atoms with Crippen LogP contribution in [0.25, 0.3) is 0 Å². The van der Waals surface area contributed by atoms with Crippen LogP contribution < -0.4 is 10.6 Å². The van der Waals surface area contributed by atoms with Crippen LogP contribution in [0.3, 0.4) is 0 Å². The largest absolute Gasteiger partial charge is 0.444 e. The Bertz CT molecular complexity index is 424. The number of ether oxygens (including phenoxy) is 1. The molecule has 1 rings (SSSR count). The van der Waals surface area contributed by atoms with Crippen molar-refractivity contribution in [2.24, 2.45) is 10.9 Å². The van der Waals surface area contributed by atoms with Crippen LogP contribution in [0, 0.1) is 5.92 Å². The van der Waals surface area contributed by atoms with Gasteiger partial charge in [-0.05, 0) is 33.6 Å². The number of carbonyl (C=O) groups excluding carboxylic acids is 1. The molecule has 0 radical (unpaired) electrons. The van der Waals surface area contributed by atoms with Gasteiger partial charge >= 0.3 is 6.09 Å². The van der Waals surface area contributed by atoms with Gasteiger partial charge in [-0.15, -0.1) is 0 Å². The van der Waals surface area contributed by atoms with Gasteiger partial charge in [-0.1, -0.05) is 13.8 Å². The molecule has 0 spiro atoms. The highest BCUT2D eigenvalue weighted by Gasteiger charge is 2.25. The molecule has 0 aromatic carbocycles. The predicted molar refractivity (Wildman–Crippen MR) is 103 cm³/mol. The van der Waals surface area contributed by atoms with Gasteiger partial charge in [0.15, 0.2) is 5.96 Å². The second-order valence-corrected chi connectivity index (χ2v) is 7.85. The summed E-state index contributed by atoms with van der Waals surface area (Å²) in [4.78, 5) is 20.8. The third-order valence-electron chi connectivity index (χ3n) is 3.70. The van der Waals surface area contributed by atoms with Gasteiger partial charge in [-0.2, -0.15) is 0 Å². The van der Waals surface area contributed by atoms with E-state index in [0.717, 1.165) is 58.3 Å². The molecular formula is C18H37N5O2. The van der Waals surface area contributed by atoms with Crippen LogP contribution in [0.1, 0.15) is 41.5 Å². The Morgan fingerprint density at radius 3 is 2.32 bits per heavy atom. The molecule has 7 nitrogen and oxygen atoms in total. The van der Waals surface area contributed by atoms with Crippen molar-refractivity contribution in [2.45, 2.75) is 47.1 Å². The first-order chi connectivity index (χ1) is 11.7. The number of rotatable bonds is 6. The molecule has 146 valence electrons. The summed E-state index contributed by atoms with van der Waals surface area (Å²) >= 11 is 0. The lowest BCUT2D eigenvalue weighted by Gasteiger charge is -2.35. The normalized spacial score (nSPS) is 16.9. The number of carbonyl (C=O) groups is 1. The molecule has 1 saturated heterocycles. The molecule has 1 aliphatic rings. The number of hydrogen-bond acceptors (Lipinski definition) is 4. The number of amides is 1. The molecule has 0 unspecified atom stereocenters. The van der Waals surface area contributed by atoms with Crippen LogP contribution in [-0.4, -0.2) is 79.8 Å². The van der Waals surface area contributed by atoms with Gasteiger partial charge in [-0.25, -0.2) is 4.79 Å². The Labute approximate surface area is 153 Å². The van der Waals surface area contributed by atoms with Crippen LogP contribution in [0.5, 0.6) is 0 Å². The molecule has 1 heterocycles. The smallest absolute Gasteiger partial charge is 0.410 e. The first-order valence-electron chi connectivity index (χ1n) is 9.43. The average molecular weight is 356 g/mol. The van der Waals surface area contributed by atoms with Crippen molar-refractivity contribution in [3.63, 3.8) is 0 Å². The van der Waals surface area contributed by atoms with Gasteiger partial charge in [0.1, 0.15) is 5.60 Å². The van der Waals surface area contributed by atoms with E-state index in [4.69, 9.17) is 4.74 Å². The lowest BCUT2D eigenvalue weighted by Crippen LogP contribution is -2.51. The summed E-state index contributed by atoms with van der Waals surface area (Å²) in [5, 5.41) is 6.65. The predicted octanol–water partition coefficient (Wildman–Crippen LogP) is 1.75. The Morgan fingerprint density at radius 1 is 1.16 bits per heavy atom. The standard InChI is InChI=1S/C18H37N5O2/c1-7-19-16(21-14-15(2)3)20-8-9-22-10-12-23(13-11-22)17(24)25-18(4,5)6/h15H,7-14H2,1-6H3,(H2,19,20,21). The Morgan fingerprint density at radius 2 is 1.80 bits per heavy atom. The summed E-state index contributed by atoms with van der Waals surface area (Å²) in [5.41, 5.74) is -0.434. The van der Waals surface area contributed by atoms with Crippen LogP contribution in [0.2, 0.25) is 0 Å². The SMILES string of the molecule is CCNC(=NCC(C)C)NCCN1CCN(C(=O)OC(C)(C)C)CC1. The molecule has 0 aromatic heterocycles. The van der Waals surface area contributed by atoms with E-state index in [1.807, 2.05) is 20.8 Å². The average Bonchev–Trinajstić information content (AvgIpc) is 2.51. The van der Waals surface area contributed by atoms with E-state index >= 15 is 0 Å². The highest BCUT2D eigenvalue weighted by Crippen LogP contribution is 2.11. The lowest BCUT2D eigenvalue weighted by atomic mass is 10.2. The number of nitrogens with one attached hydrogen (secondary N) is 2. The molecule has 0 aliphatic carbocycles. The molecule has 0 bridgehead atoms. The fraction of sp³-hybridized carbons (Fsp3) is 0.889. The van der Waals surface area contributed by atoms with Crippen molar-refractivity contribution < 1.29 is 9.53 Å². The number of piperazine rings is 1. The maximum absolute atomic E-state index is 12.1. The second kappa shape index (κ2) is 10.5. The van der Waals surface area contributed by atoms with E-state index in [9.17, 15) is 4.79 Å². The zero-order chi connectivity index (χ0) is 18.9. The summed E-state index contributed by atoms with van der Waals surface area (Å²) in [5.74, 6) is 1.43. The molecule has 2 N–H and O–H groups in total. The molecule has 1 amide bonds. The zero-order valence-corrected chi connectivity index (χ0v) is 16.9. The minimum atomic E-state index is -0.434. The van der Waals surface area contributed by atoms with Crippen molar-refractivity contribution in [1.82, 2.24) is 20.4 Å². The van der Waals surface area contributed by atoms with Crippen LogP contribution >= 0.6 is 0 Å². The van der Waals surface area contributed by atoms with Crippen molar-refractivity contribution >= 4 is 12.1 Å². The molecule has 0 atom stereocenters. The fourth-order valence-corrected chi connectivity index (χ4v) is 2.43. The summed E-state index contributed by atoms with van der Waals surface area (Å²) in [6, 6.07) is 0. The molecule has 0 saturated carbocycles. The van der Waals surface area contributed by atoms with E-state index < -0.39 is 5.60 Å². The molecule has 25 heavy (non-hydrogen) atoms. The van der Waals surface area contributed by atoms with Crippen molar-refractivity contribution in [3.05, 3.63) is 0 Å². The van der Waals surface area contributed by atoms with Gasteiger partial charge in [0.25, 0.3) is 0 Å². The molecular weight excluding hydrogens is 318 g/mol. The minimum Gasteiger partial charge on any atom is -0.444 e. The van der Waals surface area contributed by atoms with Crippen molar-refractivity contribution in [2.75, 3.05) is 52.4 Å². The summed E-state index contributed by atoms with van der Waals surface area (Å²) in [6.07, 6.45) is -0.208. The summed E-state index contributed by atoms with van der Waals surface area (Å²) < 4.78 is 5.43. The topological polar surface area (TPSA) is 69.2 Å². The maximum Gasteiger partial charge on any atom is 0.410 e. The first-order valence-corrected chi connectivity index (χ1v) is 9.43. The van der Waals surface area contributed by atoms with Crippen molar-refractivity contribution in [1.29, 1.82) is 0 Å². The fourth-order valence-electron chi connectivity index (χ4n) is 2.43. The Balaban J connectivity index is 2.29. The number of guanidine groups is 1. The van der Waals surface area contributed by atoms with Gasteiger partial charge < -0.3 is 20.3 Å². The molecule has 0 aromatic rings. The highest BCUT2D eigenvalue weighted by atomic mass is 16.6. The van der Waals surface area contributed by atoms with Gasteiger partial charge in [0.05, 0.1) is 0 Å². The second-order valence-electron chi connectivity index (χ2n) is 7.85. The highest BCUT2D eigenvalue weighted by molar-refractivity contribution is 5.79. The van der Waals surface area contributed by atoms with E-state index in [0.29, 0.717) is 5.92 Å². The molecule has 7 heteroatoms. The summed E-state index contributed by atoms with van der Waals surface area (Å²) in [6.45, 7) is 18.7. The van der Waals surface area contributed by atoms with E-state index in [-0.39, 0.29) is 6.09 Å². The van der Waals surface area contributed by atoms with Crippen LogP contribution in [-0.2, 0) is 4.74 Å². The van der Waals surface area contributed by atoms with Crippen LogP contribution in [0.15, 0.2) is 4.99 Å². The van der Waals surface area contributed by atoms with Gasteiger partial charge in [0, 0.05) is 52.4 Å². The summed E-state index contributed by atoms with van der Waals surface area (Å²) in [7, 11) is 0. The third kappa shape index (κ3) is 9.53. The maximum atomic E-state index is 12.1. The number of nitrogens with zero attached hydrogens (tertiary/aromatic N) is 3. The minimum absolute atomic E-state index is 0.208. The van der Waals surface area contributed by atoms with E-state index in [1.54, 1.807) is 4.90 Å². The van der Waals surface area contributed by atoms with Gasteiger partial charge in [0.2, 0.25) is 0 Å². The quantitative estimate of drug-likeness (QED) is 0.561. The first kappa shape index (κ1) is 21.5. The lowest BCUT2D eigenvalue weighted by molar-refractivity contribution is 0.0147. The third-order valence-corrected chi connectivity index (χ3v) is 3.70. The number of aliphatic imine (C=N–C) groups is 1. The van der Waals surface area contributed by atoms with E-state index in [2.05, 4.69) is 41.3 Å². The van der Waals surface area contributed by atoms with E-state index in [1.165, 1.54) is 0 Å². The Hall–Kier alpha value is -1.50. The monoisotopic (exact) mass is 355 g/mol. The van der Waals surface area contributed by atoms with Crippen molar-refractivity contribution in [3.8, 4) is 0 Å². The molecule has 1 aliphatic heterocycles. The zero-order valence-electron chi connectivity index (χ0n) is 16.9. The Kier molecular flexibility index (Phi) is 9.03. The van der Waals surface area contributed by atoms with Gasteiger partial charge in [-0.3, -0.25) is 9.89 Å². The number of hydrogen-bond donors (Lipinski definition) is 2. The van der Waals surface area contributed by atoms with Crippen LogP contribution in [0.4, 0.5) is 4.79 Å². The molecule has 1 fully saturated rings.